The van der Waals surface area contributed by atoms with Crippen LogP contribution in [0.2, 0.25) is 5.02 Å². The fraction of sp³-hybridized carbons (Fsp3) is 0.143. The fourth-order valence-electron chi connectivity index (χ4n) is 4.06. The van der Waals surface area contributed by atoms with Gasteiger partial charge in [0.25, 0.3) is 0 Å². The molecule has 1 aliphatic heterocycles. The van der Waals surface area contributed by atoms with Gasteiger partial charge in [-0.1, -0.05) is 78.0 Å². The molecule has 0 radical (unpaired) electrons. The minimum Gasteiger partial charge on any atom is -0.325 e. The van der Waals surface area contributed by atoms with Gasteiger partial charge in [-0.25, -0.2) is 4.99 Å². The summed E-state index contributed by atoms with van der Waals surface area (Å²) in [5, 5.41) is 16.8. The van der Waals surface area contributed by atoms with Crippen molar-refractivity contribution < 1.29 is 9.59 Å². The molecule has 2 atom stereocenters. The largest absolute Gasteiger partial charge is 0.325 e. The molecule has 1 aliphatic rings. The Labute approximate surface area is 219 Å². The molecule has 3 aromatic carbocycles. The van der Waals surface area contributed by atoms with E-state index in [1.165, 1.54) is 11.8 Å². The van der Waals surface area contributed by atoms with Crippen LogP contribution in [-0.4, -0.2) is 23.3 Å². The van der Waals surface area contributed by atoms with Crippen LogP contribution in [0.5, 0.6) is 0 Å². The van der Waals surface area contributed by atoms with Crippen LogP contribution < -0.4 is 10.6 Å². The summed E-state index contributed by atoms with van der Waals surface area (Å²) in [6.45, 7) is 1.76. The van der Waals surface area contributed by atoms with E-state index in [1.807, 2.05) is 48.5 Å². The van der Waals surface area contributed by atoms with Gasteiger partial charge in [0, 0.05) is 28.0 Å². The minimum absolute atomic E-state index is 0.0578. The molecule has 6 nitrogen and oxygen atoms in total. The Morgan fingerprint density at radius 2 is 1.53 bits per heavy atom. The van der Waals surface area contributed by atoms with Gasteiger partial charge in [-0.05, 0) is 42.8 Å². The van der Waals surface area contributed by atoms with Crippen LogP contribution in [0.3, 0.4) is 0 Å². The highest BCUT2D eigenvalue weighted by molar-refractivity contribution is 8.03. The first kappa shape index (κ1) is 25.2. The number of nitrogens with zero attached hydrogens (tertiary/aromatic N) is 2. The maximum absolute atomic E-state index is 13.5. The SMILES string of the molecule is CC1=NC(SCC(=O)Nc2ccccc2)=C(C#N)[C@@H](c2ccccc2Cl)C1C(=O)Nc1ccccc1. The lowest BCUT2D eigenvalue weighted by Gasteiger charge is -2.31. The number of allylic oxidation sites excluding steroid dienone is 1. The molecule has 1 unspecified atom stereocenters. The highest BCUT2D eigenvalue weighted by Crippen LogP contribution is 2.44. The number of carbonyl (C=O) groups excluding carboxylic acids is 2. The van der Waals surface area contributed by atoms with Crippen LogP contribution in [0.25, 0.3) is 0 Å². The number of para-hydroxylation sites is 2. The van der Waals surface area contributed by atoms with Crippen molar-refractivity contribution in [2.45, 2.75) is 12.8 Å². The molecule has 0 aliphatic carbocycles. The van der Waals surface area contributed by atoms with E-state index in [9.17, 15) is 14.9 Å². The number of thioether (sulfide) groups is 1. The molecule has 0 saturated carbocycles. The predicted octanol–water partition coefficient (Wildman–Crippen LogP) is 6.26. The molecule has 0 spiro atoms. The Morgan fingerprint density at radius 1 is 0.944 bits per heavy atom. The number of aliphatic imine (C=N–C) groups is 1. The quantitative estimate of drug-likeness (QED) is 0.389. The van der Waals surface area contributed by atoms with E-state index in [0.717, 1.165) is 0 Å². The number of hydrogen-bond acceptors (Lipinski definition) is 5. The van der Waals surface area contributed by atoms with E-state index in [4.69, 9.17) is 11.6 Å². The lowest BCUT2D eigenvalue weighted by molar-refractivity contribution is -0.118. The van der Waals surface area contributed by atoms with Crippen molar-refractivity contribution in [2.24, 2.45) is 10.9 Å². The Bertz CT molecular complexity index is 1370. The zero-order chi connectivity index (χ0) is 25.5. The van der Waals surface area contributed by atoms with E-state index in [1.54, 1.807) is 43.3 Å². The summed E-state index contributed by atoms with van der Waals surface area (Å²) in [5.74, 6) is -1.85. The molecular formula is C28H23ClN4O2S. The summed E-state index contributed by atoms with van der Waals surface area (Å²) in [7, 11) is 0. The van der Waals surface area contributed by atoms with Gasteiger partial charge in [-0.15, -0.1) is 0 Å². The number of amides is 2. The van der Waals surface area contributed by atoms with Crippen molar-refractivity contribution in [1.82, 2.24) is 0 Å². The molecular weight excluding hydrogens is 492 g/mol. The lowest BCUT2D eigenvalue weighted by Crippen LogP contribution is -2.36. The molecule has 2 N–H and O–H groups in total. The van der Waals surface area contributed by atoms with E-state index in [-0.39, 0.29) is 17.6 Å². The van der Waals surface area contributed by atoms with Crippen molar-refractivity contribution >= 4 is 52.3 Å². The molecule has 0 saturated heterocycles. The summed E-state index contributed by atoms with van der Waals surface area (Å²) in [5.41, 5.74) is 2.84. The number of nitrogens with one attached hydrogen (secondary N) is 2. The fourth-order valence-corrected chi connectivity index (χ4v) is 5.19. The zero-order valence-electron chi connectivity index (χ0n) is 19.4. The standard InChI is InChI=1S/C28H23ClN4O2S/c1-18-25(27(35)33-20-12-6-3-7-13-20)26(21-14-8-9-15-23(21)29)22(16-30)28(31-18)36-17-24(34)32-19-10-4-2-5-11-19/h2-15,25-26H,17H2,1H3,(H,32,34)(H,33,35)/t25?,26-/m1/s1. The van der Waals surface area contributed by atoms with E-state index in [0.29, 0.717) is 38.3 Å². The van der Waals surface area contributed by atoms with Crippen molar-refractivity contribution in [3.05, 3.63) is 106 Å². The van der Waals surface area contributed by atoms with Gasteiger partial charge in [0.05, 0.1) is 23.3 Å². The highest BCUT2D eigenvalue weighted by atomic mass is 35.5. The smallest absolute Gasteiger partial charge is 0.234 e. The third kappa shape index (κ3) is 5.85. The van der Waals surface area contributed by atoms with Gasteiger partial charge >= 0.3 is 0 Å². The molecule has 1 heterocycles. The second-order valence-corrected chi connectivity index (χ2v) is 9.49. The molecule has 8 heteroatoms. The maximum atomic E-state index is 13.5. The molecule has 0 fully saturated rings. The van der Waals surface area contributed by atoms with Crippen LogP contribution in [0.4, 0.5) is 11.4 Å². The first-order valence-electron chi connectivity index (χ1n) is 11.3. The first-order chi connectivity index (χ1) is 17.5. The number of hydrogen-bond donors (Lipinski definition) is 2. The molecule has 2 amide bonds. The number of carbonyl (C=O) groups is 2. The van der Waals surface area contributed by atoms with Gasteiger partial charge in [-0.2, -0.15) is 5.26 Å². The summed E-state index contributed by atoms with van der Waals surface area (Å²) in [6, 6.07) is 27.7. The minimum atomic E-state index is -0.748. The van der Waals surface area contributed by atoms with Crippen LogP contribution in [0, 0.1) is 17.2 Å². The van der Waals surface area contributed by atoms with Crippen molar-refractivity contribution in [3.8, 4) is 6.07 Å². The summed E-state index contributed by atoms with van der Waals surface area (Å²) >= 11 is 7.71. The van der Waals surface area contributed by atoms with Crippen LogP contribution in [0.1, 0.15) is 18.4 Å². The topological polar surface area (TPSA) is 94.3 Å². The number of anilines is 2. The Kier molecular flexibility index (Phi) is 8.21. The second-order valence-electron chi connectivity index (χ2n) is 8.12. The number of rotatable bonds is 7. The highest BCUT2D eigenvalue weighted by Gasteiger charge is 2.40. The Hall–Kier alpha value is -3.86. The number of nitriles is 1. The Morgan fingerprint density at radius 3 is 2.14 bits per heavy atom. The summed E-state index contributed by atoms with van der Waals surface area (Å²) in [4.78, 5) is 30.6. The summed E-state index contributed by atoms with van der Waals surface area (Å²) in [6.07, 6.45) is 0. The molecule has 0 aromatic heterocycles. The van der Waals surface area contributed by atoms with E-state index in [2.05, 4.69) is 21.7 Å². The van der Waals surface area contributed by atoms with E-state index >= 15 is 0 Å². The number of halogens is 1. The average molecular weight is 515 g/mol. The third-order valence-electron chi connectivity index (χ3n) is 5.68. The van der Waals surface area contributed by atoms with E-state index < -0.39 is 11.8 Å². The first-order valence-corrected chi connectivity index (χ1v) is 12.6. The van der Waals surface area contributed by atoms with Gasteiger partial charge in [-0.3, -0.25) is 9.59 Å². The van der Waals surface area contributed by atoms with Crippen LogP contribution >= 0.6 is 23.4 Å². The molecule has 0 bridgehead atoms. The summed E-state index contributed by atoms with van der Waals surface area (Å²) < 4.78 is 0. The molecule has 4 rings (SSSR count). The van der Waals surface area contributed by atoms with Gasteiger partial charge in [0.2, 0.25) is 11.8 Å². The lowest BCUT2D eigenvalue weighted by atomic mass is 9.76. The molecule has 180 valence electrons. The predicted molar refractivity (Wildman–Crippen MR) is 146 cm³/mol. The van der Waals surface area contributed by atoms with Crippen LogP contribution in [0.15, 0.2) is 101 Å². The molecule has 3 aromatic rings. The monoisotopic (exact) mass is 514 g/mol. The zero-order valence-corrected chi connectivity index (χ0v) is 21.0. The van der Waals surface area contributed by atoms with Gasteiger partial charge < -0.3 is 10.6 Å². The normalized spacial score (nSPS) is 17.1. The van der Waals surface area contributed by atoms with Crippen molar-refractivity contribution in [2.75, 3.05) is 16.4 Å². The van der Waals surface area contributed by atoms with Gasteiger partial charge in [0.15, 0.2) is 0 Å². The number of benzene rings is 3. The van der Waals surface area contributed by atoms with Crippen LogP contribution in [-0.2, 0) is 9.59 Å². The second kappa shape index (κ2) is 11.7. The average Bonchev–Trinajstić information content (AvgIpc) is 2.88. The van der Waals surface area contributed by atoms with Crippen molar-refractivity contribution in [1.29, 1.82) is 5.26 Å². The molecule has 36 heavy (non-hydrogen) atoms. The third-order valence-corrected chi connectivity index (χ3v) is 7.02. The Balaban J connectivity index is 1.65. The van der Waals surface area contributed by atoms with Crippen molar-refractivity contribution in [3.63, 3.8) is 0 Å². The van der Waals surface area contributed by atoms with Gasteiger partial charge in [0.1, 0.15) is 5.03 Å². The maximum Gasteiger partial charge on any atom is 0.234 e.